The number of fused-ring (bicyclic) bond motifs is 1. The van der Waals surface area contributed by atoms with E-state index in [0.29, 0.717) is 11.8 Å². The summed E-state index contributed by atoms with van der Waals surface area (Å²) < 4.78 is 5.20. The zero-order chi connectivity index (χ0) is 14.5. The number of hydrogen-bond acceptors (Lipinski definition) is 3. The number of esters is 1. The lowest BCUT2D eigenvalue weighted by Gasteiger charge is -2.10. The average molecular weight is 272 g/mol. The Bertz CT molecular complexity index is 646. The lowest BCUT2D eigenvalue weighted by molar-refractivity contribution is -0.134. The van der Waals surface area contributed by atoms with Crippen molar-refractivity contribution in [2.75, 3.05) is 0 Å². The molecule has 2 aromatic carbocycles. The van der Waals surface area contributed by atoms with E-state index in [-0.39, 0.29) is 11.3 Å². The molecular formula is C16H16O4. The molecule has 0 amide bonds. The molecule has 0 fully saturated rings. The number of carbonyl (C=O) groups excluding carboxylic acids is 1. The van der Waals surface area contributed by atoms with E-state index in [9.17, 15) is 14.7 Å². The van der Waals surface area contributed by atoms with Crippen molar-refractivity contribution in [3.8, 4) is 5.75 Å². The van der Waals surface area contributed by atoms with Crippen LogP contribution < -0.4 is 4.74 Å². The first kappa shape index (κ1) is 14.1. The van der Waals surface area contributed by atoms with Crippen molar-refractivity contribution in [3.63, 3.8) is 0 Å². The van der Waals surface area contributed by atoms with Gasteiger partial charge in [-0.25, -0.2) is 4.79 Å². The summed E-state index contributed by atoms with van der Waals surface area (Å²) in [6, 6.07) is 10.4. The molecule has 0 aliphatic heterocycles. The van der Waals surface area contributed by atoms with Crippen LogP contribution in [0.25, 0.3) is 10.8 Å². The molecule has 0 spiro atoms. The second kappa shape index (κ2) is 6.19. The second-order valence-electron chi connectivity index (χ2n) is 4.54. The molecule has 0 saturated heterocycles. The van der Waals surface area contributed by atoms with Gasteiger partial charge in [0, 0.05) is 6.42 Å². The number of rotatable bonds is 5. The van der Waals surface area contributed by atoms with E-state index in [4.69, 9.17) is 4.74 Å². The Morgan fingerprint density at radius 3 is 2.60 bits per heavy atom. The van der Waals surface area contributed by atoms with E-state index in [1.807, 2.05) is 19.1 Å². The first-order valence-corrected chi connectivity index (χ1v) is 6.59. The molecule has 0 unspecified atom stereocenters. The topological polar surface area (TPSA) is 63.6 Å². The molecule has 0 aliphatic rings. The Hall–Kier alpha value is -2.36. The number of benzene rings is 2. The van der Waals surface area contributed by atoms with Crippen molar-refractivity contribution in [1.29, 1.82) is 0 Å². The van der Waals surface area contributed by atoms with Crippen LogP contribution in [-0.4, -0.2) is 17.0 Å². The lowest BCUT2D eigenvalue weighted by Crippen LogP contribution is -2.11. The van der Waals surface area contributed by atoms with Gasteiger partial charge in [0.15, 0.2) is 0 Å². The van der Waals surface area contributed by atoms with Crippen molar-refractivity contribution in [2.45, 2.75) is 26.2 Å². The van der Waals surface area contributed by atoms with Gasteiger partial charge in [-0.3, -0.25) is 4.79 Å². The van der Waals surface area contributed by atoms with E-state index in [2.05, 4.69) is 0 Å². The maximum atomic E-state index is 11.7. The van der Waals surface area contributed by atoms with Gasteiger partial charge >= 0.3 is 11.9 Å². The SMILES string of the molecule is CCCCC(=O)Oc1ccc2ccccc2c1C(=O)O. The summed E-state index contributed by atoms with van der Waals surface area (Å²) in [5.74, 6) is -1.39. The Labute approximate surface area is 117 Å². The molecule has 104 valence electrons. The molecule has 0 atom stereocenters. The quantitative estimate of drug-likeness (QED) is 0.666. The zero-order valence-corrected chi connectivity index (χ0v) is 11.3. The minimum absolute atomic E-state index is 0.0351. The van der Waals surface area contributed by atoms with Gasteiger partial charge in [-0.15, -0.1) is 0 Å². The summed E-state index contributed by atoms with van der Waals surface area (Å²) in [4.78, 5) is 23.1. The van der Waals surface area contributed by atoms with E-state index >= 15 is 0 Å². The highest BCUT2D eigenvalue weighted by Crippen LogP contribution is 2.28. The Kier molecular flexibility index (Phi) is 4.35. The van der Waals surface area contributed by atoms with Gasteiger partial charge in [-0.1, -0.05) is 43.7 Å². The van der Waals surface area contributed by atoms with Crippen LogP contribution in [0.1, 0.15) is 36.5 Å². The van der Waals surface area contributed by atoms with Crippen LogP contribution in [0.2, 0.25) is 0 Å². The van der Waals surface area contributed by atoms with Gasteiger partial charge in [0.25, 0.3) is 0 Å². The standard InChI is InChI=1S/C16H16O4/c1-2-3-8-14(17)20-13-10-9-11-6-4-5-7-12(11)15(13)16(18)19/h4-7,9-10H,2-3,8H2,1H3,(H,18,19). The number of carboxylic acids is 1. The second-order valence-corrected chi connectivity index (χ2v) is 4.54. The normalized spacial score (nSPS) is 10.4. The van der Waals surface area contributed by atoms with E-state index in [1.54, 1.807) is 18.2 Å². The molecule has 4 heteroatoms. The van der Waals surface area contributed by atoms with Crippen LogP contribution >= 0.6 is 0 Å². The van der Waals surface area contributed by atoms with Gasteiger partial charge in [0.2, 0.25) is 0 Å². The van der Waals surface area contributed by atoms with Crippen LogP contribution in [0.15, 0.2) is 36.4 Å². The highest BCUT2D eigenvalue weighted by Gasteiger charge is 2.17. The summed E-state index contributed by atoms with van der Waals surface area (Å²) in [7, 11) is 0. The van der Waals surface area contributed by atoms with Crippen molar-refractivity contribution >= 4 is 22.7 Å². The fourth-order valence-corrected chi connectivity index (χ4v) is 2.05. The molecule has 0 aliphatic carbocycles. The highest BCUT2D eigenvalue weighted by molar-refractivity contribution is 6.06. The summed E-state index contributed by atoms with van der Waals surface area (Å²) in [6.45, 7) is 1.98. The number of hydrogen-bond donors (Lipinski definition) is 1. The fraction of sp³-hybridized carbons (Fsp3) is 0.250. The van der Waals surface area contributed by atoms with Gasteiger partial charge in [0.05, 0.1) is 0 Å². The lowest BCUT2D eigenvalue weighted by atomic mass is 10.0. The predicted molar refractivity (Wildman–Crippen MR) is 76.1 cm³/mol. The molecular weight excluding hydrogens is 256 g/mol. The maximum absolute atomic E-state index is 11.7. The minimum Gasteiger partial charge on any atom is -0.478 e. The van der Waals surface area contributed by atoms with Gasteiger partial charge in [-0.2, -0.15) is 0 Å². The number of carbonyl (C=O) groups is 2. The van der Waals surface area contributed by atoms with E-state index in [0.717, 1.165) is 18.2 Å². The summed E-state index contributed by atoms with van der Waals surface area (Å²) >= 11 is 0. The molecule has 20 heavy (non-hydrogen) atoms. The third-order valence-corrected chi connectivity index (χ3v) is 3.06. The van der Waals surface area contributed by atoms with Crippen molar-refractivity contribution in [2.24, 2.45) is 0 Å². The number of unbranched alkanes of at least 4 members (excludes halogenated alkanes) is 1. The van der Waals surface area contributed by atoms with Crippen LogP contribution in [-0.2, 0) is 4.79 Å². The average Bonchev–Trinajstić information content (AvgIpc) is 2.44. The van der Waals surface area contributed by atoms with Gasteiger partial charge in [-0.05, 0) is 23.3 Å². The molecule has 4 nitrogen and oxygen atoms in total. The van der Waals surface area contributed by atoms with E-state index in [1.165, 1.54) is 6.07 Å². The zero-order valence-electron chi connectivity index (χ0n) is 11.3. The molecule has 0 saturated carbocycles. The molecule has 0 bridgehead atoms. The molecule has 0 heterocycles. The molecule has 1 N–H and O–H groups in total. The minimum atomic E-state index is -1.10. The van der Waals surface area contributed by atoms with E-state index < -0.39 is 11.9 Å². The number of aromatic carboxylic acids is 1. The largest absolute Gasteiger partial charge is 0.478 e. The fourth-order valence-electron chi connectivity index (χ4n) is 2.05. The Balaban J connectivity index is 2.40. The summed E-state index contributed by atoms with van der Waals surface area (Å²) in [5, 5.41) is 10.7. The summed E-state index contributed by atoms with van der Waals surface area (Å²) in [5.41, 5.74) is 0.0351. The van der Waals surface area contributed by atoms with Crippen molar-refractivity contribution in [3.05, 3.63) is 42.0 Å². The van der Waals surface area contributed by atoms with Crippen LogP contribution in [0.3, 0.4) is 0 Å². The first-order valence-electron chi connectivity index (χ1n) is 6.59. The van der Waals surface area contributed by atoms with Crippen molar-refractivity contribution in [1.82, 2.24) is 0 Å². The number of carboxylic acid groups (broad SMARTS) is 1. The molecule has 0 radical (unpaired) electrons. The van der Waals surface area contributed by atoms with Crippen LogP contribution in [0, 0.1) is 0 Å². The molecule has 0 aromatic heterocycles. The molecule has 2 rings (SSSR count). The Morgan fingerprint density at radius 1 is 1.15 bits per heavy atom. The summed E-state index contributed by atoms with van der Waals surface area (Å²) in [6.07, 6.45) is 1.91. The van der Waals surface area contributed by atoms with Crippen molar-refractivity contribution < 1.29 is 19.4 Å². The van der Waals surface area contributed by atoms with Crippen LogP contribution in [0.5, 0.6) is 5.75 Å². The predicted octanol–water partition coefficient (Wildman–Crippen LogP) is 3.63. The number of ether oxygens (including phenoxy) is 1. The molecule has 2 aromatic rings. The maximum Gasteiger partial charge on any atom is 0.340 e. The third kappa shape index (κ3) is 2.96. The smallest absolute Gasteiger partial charge is 0.340 e. The third-order valence-electron chi connectivity index (χ3n) is 3.06. The monoisotopic (exact) mass is 272 g/mol. The first-order chi connectivity index (χ1) is 9.63. The highest BCUT2D eigenvalue weighted by atomic mass is 16.5. The van der Waals surface area contributed by atoms with Gasteiger partial charge in [0.1, 0.15) is 11.3 Å². The Morgan fingerprint density at radius 2 is 1.90 bits per heavy atom. The van der Waals surface area contributed by atoms with Crippen LogP contribution in [0.4, 0.5) is 0 Å². The van der Waals surface area contributed by atoms with Gasteiger partial charge < -0.3 is 9.84 Å².